The number of carbonyl (C=O) groups is 1. The summed E-state index contributed by atoms with van der Waals surface area (Å²) in [5.74, 6) is -0.0996. The Balaban J connectivity index is 3.39. The molecule has 0 rings (SSSR count). The van der Waals surface area contributed by atoms with Gasteiger partial charge in [-0.3, -0.25) is 4.79 Å². The number of hydrogen-bond acceptors (Lipinski definition) is 3. The van der Waals surface area contributed by atoms with Crippen LogP contribution in [0.4, 0.5) is 0 Å². The van der Waals surface area contributed by atoms with E-state index in [1.165, 1.54) is 122 Å². The lowest BCUT2D eigenvalue weighted by Gasteiger charge is -2.19. The minimum absolute atomic E-state index is 0.0996. The Kier molecular flexibility index (Phi) is 28.0. The molecule has 0 spiro atoms. The van der Waals surface area contributed by atoms with Gasteiger partial charge in [-0.15, -0.1) is 0 Å². The Morgan fingerprint density at radius 3 is 1.42 bits per heavy atom. The molecule has 1 amide bonds. The average Bonchev–Trinajstić information content (AvgIpc) is 2.88. The Bertz CT molecular complexity index is 480. The fraction of sp³-hybridized carbons (Fsp3) is 0.906. The van der Waals surface area contributed by atoms with Crippen LogP contribution in [0.3, 0.4) is 0 Å². The van der Waals surface area contributed by atoms with Crippen molar-refractivity contribution >= 4 is 5.91 Å². The van der Waals surface area contributed by atoms with Gasteiger partial charge in [0.05, 0.1) is 18.8 Å². The van der Waals surface area contributed by atoms with E-state index in [9.17, 15) is 15.0 Å². The minimum atomic E-state index is -0.828. The van der Waals surface area contributed by atoms with E-state index in [0.717, 1.165) is 25.7 Å². The normalized spacial score (nSPS) is 13.3. The molecular weight excluding hydrogens is 446 g/mol. The number of hydrogen-bond donors (Lipinski definition) is 3. The molecule has 0 saturated heterocycles. The van der Waals surface area contributed by atoms with Crippen molar-refractivity contribution < 1.29 is 15.0 Å². The molecule has 214 valence electrons. The van der Waals surface area contributed by atoms with E-state index in [4.69, 9.17) is 0 Å². The number of aliphatic hydroxyl groups is 2. The van der Waals surface area contributed by atoms with Crippen LogP contribution in [0.25, 0.3) is 0 Å². The van der Waals surface area contributed by atoms with Gasteiger partial charge in [0.1, 0.15) is 0 Å². The first-order chi connectivity index (χ1) is 17.7. The third kappa shape index (κ3) is 24.8. The molecule has 36 heavy (non-hydrogen) atoms. The largest absolute Gasteiger partial charge is 0.394 e. The Morgan fingerprint density at radius 2 is 1.03 bits per heavy atom. The molecule has 0 aromatic heterocycles. The maximum absolute atomic E-state index is 11.8. The predicted molar refractivity (Wildman–Crippen MR) is 156 cm³/mol. The molecule has 0 aliphatic heterocycles. The van der Waals surface area contributed by atoms with Gasteiger partial charge in [0.25, 0.3) is 0 Å². The van der Waals surface area contributed by atoms with Crippen molar-refractivity contribution in [2.45, 2.75) is 180 Å². The van der Waals surface area contributed by atoms with Gasteiger partial charge in [-0.2, -0.15) is 0 Å². The number of carbonyl (C=O) groups excluding carboxylic acids is 1. The van der Waals surface area contributed by atoms with E-state index in [1.807, 2.05) is 13.0 Å². The topological polar surface area (TPSA) is 69.6 Å². The van der Waals surface area contributed by atoms with E-state index in [-0.39, 0.29) is 12.5 Å². The molecule has 2 atom stereocenters. The number of rotatable bonds is 28. The number of nitrogens with one attached hydrogen (secondary N) is 1. The fourth-order valence-corrected chi connectivity index (χ4v) is 4.74. The molecule has 0 saturated carbocycles. The van der Waals surface area contributed by atoms with Gasteiger partial charge in [0, 0.05) is 6.42 Å². The van der Waals surface area contributed by atoms with Crippen LogP contribution >= 0.6 is 0 Å². The highest BCUT2D eigenvalue weighted by molar-refractivity contribution is 5.76. The maximum Gasteiger partial charge on any atom is 0.220 e. The second-order valence-electron chi connectivity index (χ2n) is 10.9. The lowest BCUT2D eigenvalue weighted by molar-refractivity contribution is -0.123. The smallest absolute Gasteiger partial charge is 0.220 e. The number of allylic oxidation sites excluding steroid dienone is 1. The Morgan fingerprint density at radius 1 is 0.639 bits per heavy atom. The summed E-state index contributed by atoms with van der Waals surface area (Å²) in [4.78, 5) is 11.8. The van der Waals surface area contributed by atoms with Crippen molar-refractivity contribution in [2.24, 2.45) is 0 Å². The minimum Gasteiger partial charge on any atom is -0.394 e. The van der Waals surface area contributed by atoms with Crippen LogP contribution in [0.15, 0.2) is 12.2 Å². The monoisotopic (exact) mass is 509 g/mol. The third-order valence-corrected chi connectivity index (χ3v) is 7.27. The summed E-state index contributed by atoms with van der Waals surface area (Å²) < 4.78 is 0. The molecule has 0 aromatic carbocycles. The second kappa shape index (κ2) is 28.7. The van der Waals surface area contributed by atoms with E-state index in [0.29, 0.717) is 6.42 Å². The van der Waals surface area contributed by atoms with E-state index >= 15 is 0 Å². The van der Waals surface area contributed by atoms with Crippen LogP contribution < -0.4 is 5.32 Å². The number of aliphatic hydroxyl groups excluding tert-OH is 2. The average molecular weight is 510 g/mol. The summed E-state index contributed by atoms with van der Waals surface area (Å²) in [5, 5.41) is 22.4. The van der Waals surface area contributed by atoms with Crippen LogP contribution in [0.1, 0.15) is 168 Å². The van der Waals surface area contributed by atoms with Crippen molar-refractivity contribution in [3.05, 3.63) is 12.2 Å². The SMILES string of the molecule is CCCCCCCCCCCCCCCCCCCCCC/C=C/C(O)C(CO)NC(=O)CCCC. The first-order valence-corrected chi connectivity index (χ1v) is 15.9. The van der Waals surface area contributed by atoms with E-state index in [2.05, 4.69) is 12.2 Å². The molecule has 0 aliphatic rings. The van der Waals surface area contributed by atoms with Crippen LogP contribution in [-0.4, -0.2) is 34.9 Å². The molecule has 0 fully saturated rings. The summed E-state index contributed by atoms with van der Waals surface area (Å²) in [6.45, 7) is 4.08. The quantitative estimate of drug-likeness (QED) is 0.0729. The summed E-state index contributed by atoms with van der Waals surface area (Å²) in [6, 6.07) is -0.611. The molecule has 2 unspecified atom stereocenters. The molecule has 4 nitrogen and oxygen atoms in total. The molecule has 3 N–H and O–H groups in total. The molecule has 0 aliphatic carbocycles. The lowest BCUT2D eigenvalue weighted by Crippen LogP contribution is -2.45. The highest BCUT2D eigenvalue weighted by Gasteiger charge is 2.17. The van der Waals surface area contributed by atoms with Crippen LogP contribution in [0, 0.1) is 0 Å². The zero-order valence-electron chi connectivity index (χ0n) is 24.3. The molecule has 0 radical (unpaired) electrons. The van der Waals surface area contributed by atoms with Crippen LogP contribution in [0.5, 0.6) is 0 Å². The molecule has 0 aromatic rings. The zero-order chi connectivity index (χ0) is 26.5. The van der Waals surface area contributed by atoms with Gasteiger partial charge in [-0.1, -0.05) is 154 Å². The Hall–Kier alpha value is -0.870. The zero-order valence-corrected chi connectivity index (χ0v) is 24.3. The van der Waals surface area contributed by atoms with Crippen LogP contribution in [0.2, 0.25) is 0 Å². The molecule has 4 heteroatoms. The van der Waals surface area contributed by atoms with E-state index in [1.54, 1.807) is 6.08 Å². The summed E-state index contributed by atoms with van der Waals surface area (Å²) in [5.41, 5.74) is 0. The summed E-state index contributed by atoms with van der Waals surface area (Å²) in [6.07, 6.45) is 33.8. The third-order valence-electron chi connectivity index (χ3n) is 7.27. The van der Waals surface area contributed by atoms with Gasteiger partial charge >= 0.3 is 0 Å². The predicted octanol–water partition coefficient (Wildman–Crippen LogP) is 8.78. The lowest BCUT2D eigenvalue weighted by atomic mass is 10.0. The van der Waals surface area contributed by atoms with Gasteiger partial charge in [-0.05, 0) is 19.3 Å². The maximum atomic E-state index is 11.8. The molecular formula is C32H63NO3. The van der Waals surface area contributed by atoms with Gasteiger partial charge in [-0.25, -0.2) is 0 Å². The highest BCUT2D eigenvalue weighted by atomic mass is 16.3. The van der Waals surface area contributed by atoms with Gasteiger partial charge < -0.3 is 15.5 Å². The standard InChI is InChI=1S/C32H63NO3/c1-3-5-7-8-9-10-11-12-13-14-15-16-17-18-19-20-21-22-23-24-25-26-27-31(35)30(29-34)33-32(36)28-6-4-2/h26-27,30-31,34-35H,3-25,28-29H2,1-2H3,(H,33,36)/b27-26+. The van der Waals surface area contributed by atoms with Gasteiger partial charge in [0.15, 0.2) is 0 Å². The first kappa shape index (κ1) is 35.1. The fourth-order valence-electron chi connectivity index (χ4n) is 4.74. The van der Waals surface area contributed by atoms with Crippen molar-refractivity contribution in [2.75, 3.05) is 6.61 Å². The van der Waals surface area contributed by atoms with Crippen molar-refractivity contribution in [1.29, 1.82) is 0 Å². The van der Waals surface area contributed by atoms with Crippen molar-refractivity contribution in [1.82, 2.24) is 5.32 Å². The highest BCUT2D eigenvalue weighted by Crippen LogP contribution is 2.15. The number of amides is 1. The van der Waals surface area contributed by atoms with Crippen molar-refractivity contribution in [3.63, 3.8) is 0 Å². The van der Waals surface area contributed by atoms with Gasteiger partial charge in [0.2, 0.25) is 5.91 Å². The molecule has 0 bridgehead atoms. The Labute approximate surface area is 225 Å². The number of unbranched alkanes of at least 4 members (excludes halogenated alkanes) is 21. The van der Waals surface area contributed by atoms with E-state index < -0.39 is 12.1 Å². The summed E-state index contributed by atoms with van der Waals surface area (Å²) in [7, 11) is 0. The van der Waals surface area contributed by atoms with Crippen LogP contribution in [-0.2, 0) is 4.79 Å². The first-order valence-electron chi connectivity index (χ1n) is 15.9. The molecule has 0 heterocycles. The second-order valence-corrected chi connectivity index (χ2v) is 10.9. The summed E-state index contributed by atoms with van der Waals surface area (Å²) >= 11 is 0. The van der Waals surface area contributed by atoms with Crippen molar-refractivity contribution in [3.8, 4) is 0 Å².